The van der Waals surface area contributed by atoms with Crippen molar-refractivity contribution in [1.82, 2.24) is 15.2 Å². The van der Waals surface area contributed by atoms with Crippen LogP contribution in [0.25, 0.3) is 10.9 Å². The SMILES string of the molecule is N#CC1CC(F)(F)CN1C(=O)CNC(=O)c1ccnc2ccc(Br)cc12. The number of likely N-dealkylation sites (tertiary alicyclic amines) is 1. The maximum absolute atomic E-state index is 13.4. The van der Waals surface area contributed by atoms with E-state index in [1.165, 1.54) is 12.3 Å². The third kappa shape index (κ3) is 3.65. The number of carbonyl (C=O) groups is 2. The number of nitrogens with zero attached hydrogens (tertiary/aromatic N) is 3. The summed E-state index contributed by atoms with van der Waals surface area (Å²) < 4.78 is 27.6. The van der Waals surface area contributed by atoms with Crippen molar-refractivity contribution in [2.45, 2.75) is 18.4 Å². The molecule has 1 atom stereocenters. The lowest BCUT2D eigenvalue weighted by Crippen LogP contribution is -2.43. The molecule has 9 heteroatoms. The molecule has 0 aliphatic carbocycles. The van der Waals surface area contributed by atoms with E-state index in [-0.39, 0.29) is 0 Å². The highest BCUT2D eigenvalue weighted by Gasteiger charge is 2.47. The van der Waals surface area contributed by atoms with Gasteiger partial charge in [0.1, 0.15) is 6.04 Å². The number of aromatic nitrogens is 1. The number of amides is 2. The van der Waals surface area contributed by atoms with Gasteiger partial charge < -0.3 is 10.2 Å². The highest BCUT2D eigenvalue weighted by Crippen LogP contribution is 2.31. The summed E-state index contributed by atoms with van der Waals surface area (Å²) >= 11 is 3.33. The number of nitrogens with one attached hydrogen (secondary N) is 1. The van der Waals surface area contributed by atoms with Gasteiger partial charge in [0.15, 0.2) is 0 Å². The molecule has 2 heterocycles. The van der Waals surface area contributed by atoms with Gasteiger partial charge in [0.05, 0.1) is 30.2 Å². The van der Waals surface area contributed by atoms with Crippen molar-refractivity contribution >= 4 is 38.6 Å². The van der Waals surface area contributed by atoms with Crippen LogP contribution >= 0.6 is 15.9 Å². The zero-order valence-corrected chi connectivity index (χ0v) is 15.0. The summed E-state index contributed by atoms with van der Waals surface area (Å²) in [5.41, 5.74) is 0.920. The van der Waals surface area contributed by atoms with E-state index in [2.05, 4.69) is 26.2 Å². The van der Waals surface area contributed by atoms with Crippen LogP contribution in [0.3, 0.4) is 0 Å². The third-order valence-corrected chi connectivity index (χ3v) is 4.58. The molecule has 1 aromatic carbocycles. The third-order valence-electron chi connectivity index (χ3n) is 4.09. The second kappa shape index (κ2) is 6.96. The standard InChI is InChI=1S/C17H13BrF2N4O2/c18-10-1-2-14-13(5-10)12(3-4-22-14)16(26)23-8-15(25)24-9-17(19,20)6-11(24)7-21/h1-5,11H,6,8-9H2,(H,23,26). The molecular weight excluding hydrogens is 410 g/mol. The fourth-order valence-electron chi connectivity index (χ4n) is 2.86. The van der Waals surface area contributed by atoms with Gasteiger partial charge in [0, 0.05) is 22.5 Å². The molecule has 134 valence electrons. The van der Waals surface area contributed by atoms with Crippen LogP contribution in [0.4, 0.5) is 8.78 Å². The lowest BCUT2D eigenvalue weighted by molar-refractivity contribution is -0.131. The van der Waals surface area contributed by atoms with Crippen LogP contribution in [-0.4, -0.2) is 46.8 Å². The molecule has 3 rings (SSSR count). The molecule has 0 bridgehead atoms. The van der Waals surface area contributed by atoms with Gasteiger partial charge in [-0.15, -0.1) is 0 Å². The van der Waals surface area contributed by atoms with E-state index < -0.39 is 43.3 Å². The summed E-state index contributed by atoms with van der Waals surface area (Å²) in [6.07, 6.45) is 0.784. The Morgan fingerprint density at radius 1 is 1.42 bits per heavy atom. The van der Waals surface area contributed by atoms with E-state index in [9.17, 15) is 18.4 Å². The molecule has 2 aromatic rings. The smallest absolute Gasteiger partial charge is 0.268 e. The van der Waals surface area contributed by atoms with E-state index in [0.29, 0.717) is 16.5 Å². The van der Waals surface area contributed by atoms with Crippen molar-refractivity contribution in [3.63, 3.8) is 0 Å². The number of benzene rings is 1. The molecule has 1 aliphatic heterocycles. The summed E-state index contributed by atoms with van der Waals surface area (Å²) in [5.74, 6) is -4.34. The van der Waals surface area contributed by atoms with Gasteiger partial charge in [-0.05, 0) is 24.3 Å². The van der Waals surface area contributed by atoms with Crippen molar-refractivity contribution in [2.75, 3.05) is 13.1 Å². The minimum Gasteiger partial charge on any atom is -0.343 e. The van der Waals surface area contributed by atoms with E-state index >= 15 is 0 Å². The second-order valence-corrected chi connectivity index (χ2v) is 6.84. The van der Waals surface area contributed by atoms with Crippen molar-refractivity contribution in [1.29, 1.82) is 5.26 Å². The predicted octanol–water partition coefficient (Wildman–Crippen LogP) is 2.49. The molecule has 1 fully saturated rings. The monoisotopic (exact) mass is 422 g/mol. The first-order valence-corrected chi connectivity index (χ1v) is 8.49. The second-order valence-electron chi connectivity index (χ2n) is 5.93. The first kappa shape index (κ1) is 18.2. The normalized spacial score (nSPS) is 18.5. The Hall–Kier alpha value is -2.60. The van der Waals surface area contributed by atoms with Gasteiger partial charge in [-0.25, -0.2) is 8.78 Å². The van der Waals surface area contributed by atoms with Crippen LogP contribution in [-0.2, 0) is 4.79 Å². The molecule has 1 aromatic heterocycles. The molecular formula is C17H13BrF2N4O2. The first-order chi connectivity index (χ1) is 12.3. The van der Waals surface area contributed by atoms with E-state index in [0.717, 1.165) is 9.37 Å². The quantitative estimate of drug-likeness (QED) is 0.822. The highest BCUT2D eigenvalue weighted by molar-refractivity contribution is 9.10. The minimum atomic E-state index is -3.09. The average molecular weight is 423 g/mol. The lowest BCUT2D eigenvalue weighted by Gasteiger charge is -2.19. The first-order valence-electron chi connectivity index (χ1n) is 7.70. The Kier molecular flexibility index (Phi) is 4.87. The van der Waals surface area contributed by atoms with Crippen molar-refractivity contribution in [2.24, 2.45) is 0 Å². The van der Waals surface area contributed by atoms with Crippen LogP contribution in [0.1, 0.15) is 16.8 Å². The predicted molar refractivity (Wildman–Crippen MR) is 92.5 cm³/mol. The number of halogens is 3. The molecule has 1 aliphatic rings. The summed E-state index contributed by atoms with van der Waals surface area (Å²) in [6, 6.07) is 7.28. The van der Waals surface area contributed by atoms with Crippen molar-refractivity contribution in [3.05, 3.63) is 40.5 Å². The number of pyridine rings is 1. The minimum absolute atomic E-state index is 0.313. The van der Waals surface area contributed by atoms with E-state index in [1.54, 1.807) is 24.3 Å². The average Bonchev–Trinajstić information content (AvgIpc) is 2.93. The topological polar surface area (TPSA) is 86.1 Å². The summed E-state index contributed by atoms with van der Waals surface area (Å²) in [6.45, 7) is -1.28. The zero-order chi connectivity index (χ0) is 18.9. The number of carbonyl (C=O) groups excluding carboxylic acids is 2. The molecule has 0 spiro atoms. The van der Waals surface area contributed by atoms with Gasteiger partial charge >= 0.3 is 0 Å². The van der Waals surface area contributed by atoms with Crippen LogP contribution in [0, 0.1) is 11.3 Å². The van der Waals surface area contributed by atoms with Crippen LogP contribution in [0.2, 0.25) is 0 Å². The van der Waals surface area contributed by atoms with Crippen LogP contribution < -0.4 is 5.32 Å². The maximum atomic E-state index is 13.4. The number of rotatable bonds is 3. The molecule has 6 nitrogen and oxygen atoms in total. The molecule has 1 unspecified atom stereocenters. The van der Waals surface area contributed by atoms with E-state index in [1.807, 2.05) is 0 Å². The zero-order valence-electron chi connectivity index (χ0n) is 13.4. The van der Waals surface area contributed by atoms with Crippen molar-refractivity contribution in [3.8, 4) is 6.07 Å². The van der Waals surface area contributed by atoms with Crippen LogP contribution in [0.15, 0.2) is 34.9 Å². The largest absolute Gasteiger partial charge is 0.343 e. The Morgan fingerprint density at radius 3 is 2.92 bits per heavy atom. The maximum Gasteiger partial charge on any atom is 0.268 e. The number of fused-ring (bicyclic) bond motifs is 1. The van der Waals surface area contributed by atoms with Crippen LogP contribution in [0.5, 0.6) is 0 Å². The summed E-state index contributed by atoms with van der Waals surface area (Å²) in [5, 5.41) is 12.0. The number of hydrogen-bond donors (Lipinski definition) is 1. The van der Waals surface area contributed by atoms with E-state index in [4.69, 9.17) is 5.26 Å². The van der Waals surface area contributed by atoms with Gasteiger partial charge in [0.25, 0.3) is 11.8 Å². The fourth-order valence-corrected chi connectivity index (χ4v) is 3.22. The Bertz CT molecular complexity index is 929. The summed E-state index contributed by atoms with van der Waals surface area (Å²) in [7, 11) is 0. The Balaban J connectivity index is 1.73. The Morgan fingerprint density at radius 2 is 2.19 bits per heavy atom. The Labute approximate surface area is 155 Å². The number of nitriles is 1. The van der Waals surface area contributed by atoms with Gasteiger partial charge in [-0.2, -0.15) is 5.26 Å². The van der Waals surface area contributed by atoms with Gasteiger partial charge in [-0.1, -0.05) is 15.9 Å². The van der Waals surface area contributed by atoms with Crippen molar-refractivity contribution < 1.29 is 18.4 Å². The van der Waals surface area contributed by atoms with Gasteiger partial charge in [0.2, 0.25) is 5.91 Å². The van der Waals surface area contributed by atoms with Gasteiger partial charge in [-0.3, -0.25) is 14.6 Å². The molecule has 26 heavy (non-hydrogen) atoms. The molecule has 1 saturated heterocycles. The highest BCUT2D eigenvalue weighted by atomic mass is 79.9. The lowest BCUT2D eigenvalue weighted by atomic mass is 10.1. The fraction of sp³-hybridized carbons (Fsp3) is 0.294. The molecule has 1 N–H and O–H groups in total. The molecule has 0 saturated carbocycles. The molecule has 0 radical (unpaired) electrons. The summed E-state index contributed by atoms with van der Waals surface area (Å²) in [4.78, 5) is 29.6. The molecule has 2 amide bonds. The number of hydrogen-bond acceptors (Lipinski definition) is 4. The number of alkyl halides is 2.